The van der Waals surface area contributed by atoms with E-state index in [4.69, 9.17) is 11.6 Å². The summed E-state index contributed by atoms with van der Waals surface area (Å²) in [5.74, 6) is 0.174. The number of rotatable bonds is 5. The Bertz CT molecular complexity index is 1050. The molecule has 1 amide bonds. The van der Waals surface area contributed by atoms with Gasteiger partial charge in [0.05, 0.1) is 17.7 Å². The molecule has 0 radical (unpaired) electrons. The van der Waals surface area contributed by atoms with Gasteiger partial charge >= 0.3 is 0 Å². The second-order valence-electron chi connectivity index (χ2n) is 8.40. The quantitative estimate of drug-likeness (QED) is 0.668. The van der Waals surface area contributed by atoms with E-state index in [9.17, 15) is 9.90 Å². The van der Waals surface area contributed by atoms with Crippen molar-refractivity contribution in [2.24, 2.45) is 0 Å². The van der Waals surface area contributed by atoms with Gasteiger partial charge in [-0.25, -0.2) is 0 Å². The third-order valence-electron chi connectivity index (χ3n) is 6.67. The molecule has 3 heterocycles. The van der Waals surface area contributed by atoms with Gasteiger partial charge in [0.1, 0.15) is 0 Å². The molecule has 0 aliphatic carbocycles. The summed E-state index contributed by atoms with van der Waals surface area (Å²) in [6, 6.07) is 21.8. The van der Waals surface area contributed by atoms with Crippen molar-refractivity contribution in [3.05, 3.63) is 101 Å². The molecular formula is C25H24ClN3O2. The first kappa shape index (κ1) is 20.2. The van der Waals surface area contributed by atoms with Crippen LogP contribution in [0.5, 0.6) is 0 Å². The summed E-state index contributed by atoms with van der Waals surface area (Å²) in [7, 11) is 0. The fraction of sp³-hybridized carbons (Fsp3) is 0.280. The van der Waals surface area contributed by atoms with Crippen molar-refractivity contribution in [1.82, 2.24) is 14.8 Å². The first-order valence-electron chi connectivity index (χ1n) is 10.5. The van der Waals surface area contributed by atoms with Crippen molar-refractivity contribution in [3.63, 3.8) is 0 Å². The van der Waals surface area contributed by atoms with Crippen LogP contribution in [0.4, 0.5) is 0 Å². The fourth-order valence-corrected chi connectivity index (χ4v) is 5.36. The average Bonchev–Trinajstić information content (AvgIpc) is 2.78. The zero-order valence-electron chi connectivity index (χ0n) is 17.1. The van der Waals surface area contributed by atoms with Gasteiger partial charge in [0.2, 0.25) is 0 Å². The van der Waals surface area contributed by atoms with Crippen molar-refractivity contribution < 1.29 is 9.90 Å². The number of amides is 1. The molecule has 5 rings (SSSR count). The van der Waals surface area contributed by atoms with E-state index in [0.717, 1.165) is 5.56 Å². The van der Waals surface area contributed by atoms with Crippen LogP contribution in [0.15, 0.2) is 79.1 Å². The summed E-state index contributed by atoms with van der Waals surface area (Å²) in [6.07, 6.45) is 3.29. The van der Waals surface area contributed by atoms with Crippen LogP contribution in [0.1, 0.15) is 27.4 Å². The Kier molecular flexibility index (Phi) is 5.26. The number of hydrogen-bond acceptors (Lipinski definition) is 4. The number of carbonyl (C=O) groups is 1. The number of carbonyl (C=O) groups excluding carboxylic acids is 1. The minimum absolute atomic E-state index is 0.00410. The molecule has 2 saturated heterocycles. The zero-order valence-corrected chi connectivity index (χ0v) is 17.8. The number of likely N-dealkylation sites (tertiary alicyclic amines) is 2. The number of aromatic nitrogens is 1. The van der Waals surface area contributed by atoms with Crippen molar-refractivity contribution in [2.75, 3.05) is 19.7 Å². The van der Waals surface area contributed by atoms with Crippen LogP contribution in [-0.2, 0) is 6.54 Å². The summed E-state index contributed by atoms with van der Waals surface area (Å²) in [4.78, 5) is 21.3. The van der Waals surface area contributed by atoms with Gasteiger partial charge < -0.3 is 10.0 Å². The number of halogens is 1. The van der Waals surface area contributed by atoms with Gasteiger partial charge in [-0.3, -0.25) is 14.7 Å². The second-order valence-corrected chi connectivity index (χ2v) is 8.84. The van der Waals surface area contributed by atoms with Gasteiger partial charge in [0, 0.05) is 49.0 Å². The molecule has 2 aromatic carbocycles. The number of aliphatic hydroxyl groups excluding tert-OH is 1. The van der Waals surface area contributed by atoms with Crippen LogP contribution < -0.4 is 0 Å². The van der Waals surface area contributed by atoms with E-state index in [0.29, 0.717) is 30.2 Å². The van der Waals surface area contributed by atoms with Crippen LogP contribution >= 0.6 is 11.6 Å². The maximum absolute atomic E-state index is 13.0. The molecule has 1 N–H and O–H groups in total. The average molecular weight is 434 g/mol. The largest absolute Gasteiger partial charge is 0.395 e. The van der Waals surface area contributed by atoms with Crippen LogP contribution in [0.2, 0.25) is 5.02 Å². The number of aliphatic hydroxyl groups is 1. The molecule has 5 nitrogen and oxygen atoms in total. The van der Waals surface area contributed by atoms with Crippen LogP contribution in [0.3, 0.4) is 0 Å². The number of pyridine rings is 1. The number of nitrogens with zero attached hydrogens (tertiary/aromatic N) is 3. The molecule has 3 aromatic rings. The summed E-state index contributed by atoms with van der Waals surface area (Å²) in [5.41, 5.74) is 2.77. The standard InChI is InChI=1S/C25H24ClN3O2/c26-21-10-8-18(9-11-21)14-29-22(15-30)23(19-5-2-1-3-6-19)25(29)16-28(17-25)24(31)20-7-4-12-27-13-20/h1-13,22-23,30H,14-17H2/t22-,23+/m1/s1. The molecule has 1 aromatic heterocycles. The molecular weight excluding hydrogens is 410 g/mol. The highest BCUT2D eigenvalue weighted by atomic mass is 35.5. The molecule has 1 spiro atoms. The van der Waals surface area contributed by atoms with Gasteiger partial charge in [-0.1, -0.05) is 54.1 Å². The van der Waals surface area contributed by atoms with Crippen LogP contribution in [0, 0.1) is 0 Å². The van der Waals surface area contributed by atoms with Crippen molar-refractivity contribution in [3.8, 4) is 0 Å². The van der Waals surface area contributed by atoms with Crippen LogP contribution in [0.25, 0.3) is 0 Å². The van der Waals surface area contributed by atoms with Crippen molar-refractivity contribution in [2.45, 2.75) is 24.0 Å². The third-order valence-corrected chi connectivity index (χ3v) is 6.92. The Morgan fingerprint density at radius 2 is 1.81 bits per heavy atom. The lowest BCUT2D eigenvalue weighted by molar-refractivity contribution is -0.184. The molecule has 158 valence electrons. The smallest absolute Gasteiger partial charge is 0.255 e. The fourth-order valence-electron chi connectivity index (χ4n) is 5.23. The predicted molar refractivity (Wildman–Crippen MR) is 120 cm³/mol. The van der Waals surface area contributed by atoms with E-state index in [1.165, 1.54) is 5.56 Å². The highest BCUT2D eigenvalue weighted by Gasteiger charge is 2.66. The van der Waals surface area contributed by atoms with Gasteiger partial charge in [-0.05, 0) is 35.4 Å². The Morgan fingerprint density at radius 3 is 2.45 bits per heavy atom. The van der Waals surface area contributed by atoms with Gasteiger partial charge in [-0.15, -0.1) is 0 Å². The van der Waals surface area contributed by atoms with E-state index in [-0.39, 0.29) is 30.0 Å². The van der Waals surface area contributed by atoms with Gasteiger partial charge in [0.25, 0.3) is 5.91 Å². The summed E-state index contributed by atoms with van der Waals surface area (Å²) in [6.45, 7) is 2.04. The minimum atomic E-state index is -0.188. The summed E-state index contributed by atoms with van der Waals surface area (Å²) >= 11 is 6.06. The Hall–Kier alpha value is -2.73. The van der Waals surface area contributed by atoms with E-state index in [2.05, 4.69) is 22.0 Å². The lowest BCUT2D eigenvalue weighted by atomic mass is 9.60. The Labute approximate surface area is 186 Å². The molecule has 2 atom stereocenters. The maximum atomic E-state index is 13.0. The van der Waals surface area contributed by atoms with E-state index in [1.54, 1.807) is 24.5 Å². The second kappa shape index (κ2) is 8.08. The molecule has 31 heavy (non-hydrogen) atoms. The predicted octanol–water partition coefficient (Wildman–Crippen LogP) is 3.59. The molecule has 2 fully saturated rings. The highest BCUT2D eigenvalue weighted by Crippen LogP contribution is 2.54. The van der Waals surface area contributed by atoms with Crippen molar-refractivity contribution >= 4 is 17.5 Å². The highest BCUT2D eigenvalue weighted by molar-refractivity contribution is 6.30. The summed E-state index contributed by atoms with van der Waals surface area (Å²) in [5, 5.41) is 11.0. The molecule has 0 saturated carbocycles. The minimum Gasteiger partial charge on any atom is -0.395 e. The van der Waals surface area contributed by atoms with Gasteiger partial charge in [-0.2, -0.15) is 0 Å². The Morgan fingerprint density at radius 1 is 1.06 bits per heavy atom. The molecule has 6 heteroatoms. The maximum Gasteiger partial charge on any atom is 0.255 e. The lowest BCUT2D eigenvalue weighted by Crippen LogP contribution is -2.84. The monoisotopic (exact) mass is 433 g/mol. The third kappa shape index (κ3) is 3.43. The lowest BCUT2D eigenvalue weighted by Gasteiger charge is -2.70. The molecule has 0 bridgehead atoms. The van der Waals surface area contributed by atoms with E-state index in [1.807, 2.05) is 47.4 Å². The zero-order chi connectivity index (χ0) is 21.4. The van der Waals surface area contributed by atoms with Crippen molar-refractivity contribution in [1.29, 1.82) is 0 Å². The van der Waals surface area contributed by atoms with Crippen LogP contribution in [-0.4, -0.2) is 57.1 Å². The Balaban J connectivity index is 1.43. The summed E-state index contributed by atoms with van der Waals surface area (Å²) < 4.78 is 0. The first-order valence-corrected chi connectivity index (χ1v) is 10.9. The topological polar surface area (TPSA) is 56.7 Å². The SMILES string of the molecule is O=C(c1cccnc1)N1CC2(C1)[C@@H](c1ccccc1)[C@@H](CO)N2Cc1ccc(Cl)cc1. The molecule has 2 aliphatic heterocycles. The molecule has 2 aliphatic rings. The van der Waals surface area contributed by atoms with Gasteiger partial charge in [0.15, 0.2) is 0 Å². The molecule has 0 unspecified atom stereocenters. The van der Waals surface area contributed by atoms with E-state index < -0.39 is 0 Å². The first-order chi connectivity index (χ1) is 15.1. The normalized spacial score (nSPS) is 22.1. The number of benzene rings is 2. The number of hydrogen-bond donors (Lipinski definition) is 1. The van der Waals surface area contributed by atoms with E-state index >= 15 is 0 Å².